The number of imidazole rings is 1. The fourth-order valence-electron chi connectivity index (χ4n) is 4.00. The highest BCUT2D eigenvalue weighted by Gasteiger charge is 2.27. The normalized spacial score (nSPS) is 17.9. The Hall–Kier alpha value is -2.30. The molecule has 1 aromatic heterocycles. The van der Waals surface area contributed by atoms with Gasteiger partial charge in [-0.3, -0.25) is 4.79 Å². The Morgan fingerprint density at radius 3 is 2.44 bits per heavy atom. The van der Waals surface area contributed by atoms with Crippen LogP contribution >= 0.6 is 0 Å². The van der Waals surface area contributed by atoms with Gasteiger partial charge in [0.15, 0.2) is 0 Å². The number of aryl methyl sites for hydroxylation is 1. The first kappa shape index (κ1) is 18.1. The van der Waals surface area contributed by atoms with Gasteiger partial charge in [-0.1, -0.05) is 0 Å². The number of rotatable bonds is 6. The van der Waals surface area contributed by atoms with E-state index in [1.165, 1.54) is 24.4 Å². The van der Waals surface area contributed by atoms with Gasteiger partial charge in [0.2, 0.25) is 0 Å². The molecule has 0 bridgehead atoms. The number of aromatic nitrogens is 2. The Morgan fingerprint density at radius 2 is 1.81 bits per heavy atom. The Bertz CT molecular complexity index is 784. The third-order valence-corrected chi connectivity index (χ3v) is 5.99. The largest absolute Gasteiger partial charge is 0.497 e. The molecule has 1 aromatic carbocycles. The molecule has 1 saturated carbocycles. The van der Waals surface area contributed by atoms with E-state index in [2.05, 4.69) is 16.5 Å². The maximum absolute atomic E-state index is 12.7. The number of methoxy groups -OCH3 is 1. The topological polar surface area (TPSA) is 47.4 Å². The lowest BCUT2D eigenvalue weighted by Gasteiger charge is -2.32. The van der Waals surface area contributed by atoms with Gasteiger partial charge in [-0.15, -0.1) is 0 Å². The van der Waals surface area contributed by atoms with E-state index in [9.17, 15) is 4.79 Å². The van der Waals surface area contributed by atoms with E-state index in [-0.39, 0.29) is 5.91 Å². The molecule has 0 N–H and O–H groups in total. The smallest absolute Gasteiger partial charge is 0.253 e. The number of piperidine rings is 1. The highest BCUT2D eigenvalue weighted by atomic mass is 16.5. The Balaban J connectivity index is 1.33. The number of amides is 1. The molecule has 5 heteroatoms. The number of hydrogen-bond acceptors (Lipinski definition) is 3. The van der Waals surface area contributed by atoms with Gasteiger partial charge in [0.05, 0.1) is 7.11 Å². The van der Waals surface area contributed by atoms with E-state index in [4.69, 9.17) is 4.74 Å². The molecule has 2 heterocycles. The summed E-state index contributed by atoms with van der Waals surface area (Å²) >= 11 is 0. The van der Waals surface area contributed by atoms with Crippen molar-refractivity contribution in [2.24, 2.45) is 11.8 Å². The monoisotopic (exact) mass is 367 g/mol. The molecule has 4 rings (SSSR count). The van der Waals surface area contributed by atoms with Crippen LogP contribution in [0.3, 0.4) is 0 Å². The van der Waals surface area contributed by atoms with Crippen LogP contribution in [0.2, 0.25) is 0 Å². The van der Waals surface area contributed by atoms with Crippen LogP contribution in [0.5, 0.6) is 5.75 Å². The van der Waals surface area contributed by atoms with Crippen LogP contribution in [0.25, 0.3) is 0 Å². The van der Waals surface area contributed by atoms with E-state index in [0.717, 1.165) is 56.1 Å². The second-order valence-corrected chi connectivity index (χ2v) is 8.04. The minimum absolute atomic E-state index is 0.127. The number of benzene rings is 1. The number of hydrogen-bond donors (Lipinski definition) is 0. The van der Waals surface area contributed by atoms with Crippen molar-refractivity contribution in [2.75, 3.05) is 20.2 Å². The summed E-state index contributed by atoms with van der Waals surface area (Å²) in [7, 11) is 1.64. The quantitative estimate of drug-likeness (QED) is 0.782. The summed E-state index contributed by atoms with van der Waals surface area (Å²) in [6, 6.07) is 7.40. The van der Waals surface area contributed by atoms with Crippen molar-refractivity contribution in [3.63, 3.8) is 0 Å². The predicted octanol–water partition coefficient (Wildman–Crippen LogP) is 3.71. The zero-order valence-electron chi connectivity index (χ0n) is 16.4. The molecule has 1 aliphatic carbocycles. The molecule has 5 nitrogen and oxygen atoms in total. The molecule has 144 valence electrons. The summed E-state index contributed by atoms with van der Waals surface area (Å²) < 4.78 is 7.59. The summed E-state index contributed by atoms with van der Waals surface area (Å²) in [5.74, 6) is 3.62. The molecule has 27 heavy (non-hydrogen) atoms. The van der Waals surface area contributed by atoms with Crippen molar-refractivity contribution in [1.82, 2.24) is 14.5 Å². The average Bonchev–Trinajstić information content (AvgIpc) is 3.47. The zero-order chi connectivity index (χ0) is 18.8. The minimum atomic E-state index is 0.127. The van der Waals surface area contributed by atoms with Crippen molar-refractivity contribution in [1.29, 1.82) is 0 Å². The van der Waals surface area contributed by atoms with Gasteiger partial charge in [-0.2, -0.15) is 0 Å². The highest BCUT2D eigenvalue weighted by molar-refractivity contribution is 5.94. The predicted molar refractivity (Wildman–Crippen MR) is 105 cm³/mol. The number of nitrogens with zero attached hydrogens (tertiary/aromatic N) is 3. The van der Waals surface area contributed by atoms with Crippen LogP contribution in [0, 0.1) is 18.8 Å². The zero-order valence-corrected chi connectivity index (χ0v) is 16.4. The Labute approximate surface area is 161 Å². The molecule has 2 aromatic rings. The van der Waals surface area contributed by atoms with Gasteiger partial charge in [0, 0.05) is 43.5 Å². The van der Waals surface area contributed by atoms with Gasteiger partial charge in [-0.25, -0.2) is 4.98 Å². The van der Waals surface area contributed by atoms with E-state index in [1.54, 1.807) is 7.11 Å². The van der Waals surface area contributed by atoms with Crippen molar-refractivity contribution < 1.29 is 9.53 Å². The SMILES string of the molecule is COc1ccc(C(=O)N2CCC(Cc3ncc(C)n3CC3CC3)CC2)cc1. The first-order valence-corrected chi connectivity index (χ1v) is 10.1. The molecule has 1 saturated heterocycles. The summed E-state index contributed by atoms with van der Waals surface area (Å²) in [5, 5.41) is 0. The number of carbonyl (C=O) groups is 1. The Kier molecular flexibility index (Phi) is 5.19. The van der Waals surface area contributed by atoms with Gasteiger partial charge in [0.1, 0.15) is 11.6 Å². The molecule has 2 fully saturated rings. The van der Waals surface area contributed by atoms with Gasteiger partial charge in [0.25, 0.3) is 5.91 Å². The van der Waals surface area contributed by atoms with Gasteiger partial charge >= 0.3 is 0 Å². The molecule has 0 unspecified atom stereocenters. The number of carbonyl (C=O) groups excluding carboxylic acids is 1. The van der Waals surface area contributed by atoms with Crippen molar-refractivity contribution in [3.8, 4) is 5.75 Å². The first-order valence-electron chi connectivity index (χ1n) is 10.1. The molecule has 1 amide bonds. The standard InChI is InChI=1S/C22H29N3O2/c1-16-14-23-21(25(16)15-18-3-4-18)13-17-9-11-24(12-10-17)22(26)19-5-7-20(27-2)8-6-19/h5-8,14,17-18H,3-4,9-13,15H2,1-2H3. The third kappa shape index (κ3) is 4.18. The molecule has 1 aliphatic heterocycles. The lowest BCUT2D eigenvalue weighted by Crippen LogP contribution is -2.39. The van der Waals surface area contributed by atoms with E-state index >= 15 is 0 Å². The Morgan fingerprint density at radius 1 is 1.11 bits per heavy atom. The molecule has 0 radical (unpaired) electrons. The van der Waals surface area contributed by atoms with Crippen LogP contribution < -0.4 is 4.74 Å². The highest BCUT2D eigenvalue weighted by Crippen LogP contribution is 2.32. The lowest BCUT2D eigenvalue weighted by atomic mass is 9.92. The number of likely N-dealkylation sites (tertiary alicyclic amines) is 1. The fraction of sp³-hybridized carbons (Fsp3) is 0.545. The van der Waals surface area contributed by atoms with Crippen LogP contribution in [-0.2, 0) is 13.0 Å². The number of ether oxygens (including phenoxy) is 1. The van der Waals surface area contributed by atoms with Crippen LogP contribution in [0.4, 0.5) is 0 Å². The molecular formula is C22H29N3O2. The van der Waals surface area contributed by atoms with E-state index < -0.39 is 0 Å². The van der Waals surface area contributed by atoms with Crippen LogP contribution in [0.15, 0.2) is 30.5 Å². The maximum Gasteiger partial charge on any atom is 0.253 e. The summed E-state index contributed by atoms with van der Waals surface area (Å²) in [5.41, 5.74) is 2.02. The molecule has 2 aliphatic rings. The summed E-state index contributed by atoms with van der Waals surface area (Å²) in [6.45, 7) is 4.96. The van der Waals surface area contributed by atoms with E-state index in [0.29, 0.717) is 5.92 Å². The van der Waals surface area contributed by atoms with Gasteiger partial charge in [-0.05, 0) is 68.7 Å². The second-order valence-electron chi connectivity index (χ2n) is 8.04. The minimum Gasteiger partial charge on any atom is -0.497 e. The second kappa shape index (κ2) is 7.75. The molecule has 0 spiro atoms. The van der Waals surface area contributed by atoms with Crippen LogP contribution in [0.1, 0.15) is 47.6 Å². The maximum atomic E-state index is 12.7. The van der Waals surface area contributed by atoms with Crippen molar-refractivity contribution in [2.45, 2.75) is 45.6 Å². The van der Waals surface area contributed by atoms with Gasteiger partial charge < -0.3 is 14.2 Å². The lowest BCUT2D eigenvalue weighted by molar-refractivity contribution is 0.0689. The first-order chi connectivity index (χ1) is 13.1. The van der Waals surface area contributed by atoms with Crippen LogP contribution in [-0.4, -0.2) is 40.6 Å². The summed E-state index contributed by atoms with van der Waals surface area (Å²) in [6.07, 6.45) is 7.88. The van der Waals surface area contributed by atoms with Crippen molar-refractivity contribution in [3.05, 3.63) is 47.5 Å². The van der Waals surface area contributed by atoms with E-state index in [1.807, 2.05) is 35.4 Å². The molecule has 0 atom stereocenters. The average molecular weight is 367 g/mol. The fourth-order valence-corrected chi connectivity index (χ4v) is 4.00. The molecular weight excluding hydrogens is 338 g/mol. The third-order valence-electron chi connectivity index (χ3n) is 5.99. The van der Waals surface area contributed by atoms with Crippen molar-refractivity contribution >= 4 is 5.91 Å². The summed E-state index contributed by atoms with van der Waals surface area (Å²) in [4.78, 5) is 19.4.